The lowest BCUT2D eigenvalue weighted by Crippen LogP contribution is -2.12. The summed E-state index contributed by atoms with van der Waals surface area (Å²) in [7, 11) is 0. The van der Waals surface area contributed by atoms with Gasteiger partial charge in [0.2, 0.25) is 0 Å². The molecule has 0 fully saturated rings. The molecule has 106 valence electrons. The Morgan fingerprint density at radius 2 is 2.10 bits per heavy atom. The second-order valence-electron chi connectivity index (χ2n) is 4.61. The number of aryl methyl sites for hydroxylation is 1. The fraction of sp³-hybridized carbons (Fsp3) is 0.0667. The maximum absolute atomic E-state index is 12.2. The lowest BCUT2D eigenvalue weighted by atomic mass is 10.2. The number of nitrogen functional groups attached to an aromatic ring is 1. The summed E-state index contributed by atoms with van der Waals surface area (Å²) < 4.78 is 1.83. The van der Waals surface area contributed by atoms with Crippen LogP contribution < -0.4 is 11.1 Å². The summed E-state index contributed by atoms with van der Waals surface area (Å²) in [4.78, 5) is 16.6. The summed E-state index contributed by atoms with van der Waals surface area (Å²) in [5.41, 5.74) is 8.55. The lowest BCUT2D eigenvalue weighted by molar-refractivity contribution is 0.102. The predicted molar refractivity (Wildman–Crippen MR) is 90.9 cm³/mol. The Balaban J connectivity index is 1.86. The zero-order valence-corrected chi connectivity index (χ0v) is 13.6. The van der Waals surface area contributed by atoms with E-state index >= 15 is 0 Å². The van der Waals surface area contributed by atoms with Crippen LogP contribution in [-0.2, 0) is 0 Å². The van der Waals surface area contributed by atoms with Crippen LogP contribution in [0.4, 0.5) is 11.4 Å². The van der Waals surface area contributed by atoms with Crippen LogP contribution in [-0.4, -0.2) is 10.9 Å². The van der Waals surface area contributed by atoms with Crippen molar-refractivity contribution < 1.29 is 4.79 Å². The van der Waals surface area contributed by atoms with E-state index in [4.69, 9.17) is 5.73 Å². The van der Waals surface area contributed by atoms with Crippen molar-refractivity contribution in [1.82, 2.24) is 4.98 Å². The van der Waals surface area contributed by atoms with Crippen molar-refractivity contribution in [3.05, 3.63) is 51.4 Å². The molecule has 0 aliphatic rings. The molecule has 0 spiro atoms. The van der Waals surface area contributed by atoms with Gasteiger partial charge in [-0.15, -0.1) is 11.3 Å². The minimum absolute atomic E-state index is 0.185. The molecule has 0 saturated heterocycles. The molecule has 0 saturated carbocycles. The van der Waals surface area contributed by atoms with Gasteiger partial charge < -0.3 is 11.1 Å². The van der Waals surface area contributed by atoms with Crippen LogP contribution >= 0.6 is 27.3 Å². The molecule has 0 atom stereocenters. The number of hydrogen-bond donors (Lipinski definition) is 2. The first kappa shape index (κ1) is 14.0. The minimum Gasteiger partial charge on any atom is -0.398 e. The van der Waals surface area contributed by atoms with E-state index in [2.05, 4.69) is 26.2 Å². The first-order valence-corrected chi connectivity index (χ1v) is 7.87. The number of benzene rings is 2. The number of halogens is 1. The molecule has 6 heteroatoms. The third-order valence-electron chi connectivity index (χ3n) is 3.01. The van der Waals surface area contributed by atoms with Crippen LogP contribution in [0.25, 0.3) is 10.2 Å². The largest absolute Gasteiger partial charge is 0.398 e. The van der Waals surface area contributed by atoms with Crippen LogP contribution in [0.15, 0.2) is 40.9 Å². The maximum Gasteiger partial charge on any atom is 0.255 e. The zero-order chi connectivity index (χ0) is 15.0. The van der Waals surface area contributed by atoms with Gasteiger partial charge in [0, 0.05) is 21.4 Å². The van der Waals surface area contributed by atoms with Gasteiger partial charge in [0.1, 0.15) is 0 Å². The summed E-state index contributed by atoms with van der Waals surface area (Å²) in [6.07, 6.45) is 0. The highest BCUT2D eigenvalue weighted by Crippen LogP contribution is 2.25. The quantitative estimate of drug-likeness (QED) is 0.672. The number of thiazole rings is 1. The number of hydrogen-bond acceptors (Lipinski definition) is 4. The lowest BCUT2D eigenvalue weighted by Gasteiger charge is -2.06. The smallest absolute Gasteiger partial charge is 0.255 e. The predicted octanol–water partition coefficient (Wildman–Crippen LogP) is 4.20. The van der Waals surface area contributed by atoms with Gasteiger partial charge in [0.05, 0.1) is 15.2 Å². The molecule has 21 heavy (non-hydrogen) atoms. The first-order valence-electron chi connectivity index (χ1n) is 6.26. The number of carbonyl (C=O) groups is 1. The van der Waals surface area contributed by atoms with Crippen molar-refractivity contribution in [2.75, 3.05) is 11.1 Å². The average Bonchev–Trinajstić information content (AvgIpc) is 2.81. The Bertz CT molecular complexity index is 844. The zero-order valence-electron chi connectivity index (χ0n) is 11.2. The molecule has 3 aromatic rings. The standard InChI is InChI=1S/C15H12BrN3OS/c1-8-18-13-5-3-10(7-14(13)21-8)19-15(20)9-2-4-11(16)12(17)6-9/h2-7H,17H2,1H3,(H,19,20). The molecule has 4 nitrogen and oxygen atoms in total. The third kappa shape index (κ3) is 2.91. The van der Waals surface area contributed by atoms with Gasteiger partial charge in [-0.25, -0.2) is 4.98 Å². The summed E-state index contributed by atoms with van der Waals surface area (Å²) in [5.74, 6) is -0.185. The first-order chi connectivity index (χ1) is 10.0. The Morgan fingerprint density at radius 3 is 2.86 bits per heavy atom. The Morgan fingerprint density at radius 1 is 1.29 bits per heavy atom. The molecular weight excluding hydrogens is 350 g/mol. The molecule has 1 aromatic heterocycles. The van der Waals surface area contributed by atoms with E-state index in [1.807, 2.05) is 25.1 Å². The number of rotatable bonds is 2. The Labute approximate surface area is 134 Å². The SMILES string of the molecule is Cc1nc2ccc(NC(=O)c3ccc(Br)c(N)c3)cc2s1. The van der Waals surface area contributed by atoms with Crippen molar-refractivity contribution >= 4 is 54.8 Å². The molecule has 3 rings (SSSR count). The average molecular weight is 362 g/mol. The summed E-state index contributed by atoms with van der Waals surface area (Å²) >= 11 is 4.92. The fourth-order valence-electron chi connectivity index (χ4n) is 2.01. The van der Waals surface area contributed by atoms with E-state index in [0.717, 1.165) is 25.4 Å². The van der Waals surface area contributed by atoms with Crippen LogP contribution in [0.2, 0.25) is 0 Å². The molecule has 2 aromatic carbocycles. The second kappa shape index (κ2) is 5.46. The number of nitrogens with one attached hydrogen (secondary N) is 1. The highest BCUT2D eigenvalue weighted by atomic mass is 79.9. The van der Waals surface area contributed by atoms with Gasteiger partial charge in [-0.1, -0.05) is 0 Å². The number of anilines is 2. The summed E-state index contributed by atoms with van der Waals surface area (Å²) in [6, 6.07) is 10.8. The van der Waals surface area contributed by atoms with Crippen LogP contribution in [0.3, 0.4) is 0 Å². The summed E-state index contributed by atoms with van der Waals surface area (Å²) in [5, 5.41) is 3.88. The third-order valence-corrected chi connectivity index (χ3v) is 4.67. The fourth-order valence-corrected chi connectivity index (χ4v) is 3.12. The number of fused-ring (bicyclic) bond motifs is 1. The van der Waals surface area contributed by atoms with Crippen LogP contribution in [0, 0.1) is 6.92 Å². The molecule has 0 bridgehead atoms. The van der Waals surface area contributed by atoms with Crippen LogP contribution in [0.1, 0.15) is 15.4 Å². The normalized spacial score (nSPS) is 10.8. The Kier molecular flexibility index (Phi) is 3.65. The molecule has 0 aliphatic carbocycles. The van der Waals surface area contributed by atoms with Crippen molar-refractivity contribution in [3.8, 4) is 0 Å². The van der Waals surface area contributed by atoms with Gasteiger partial charge in [0.25, 0.3) is 5.91 Å². The summed E-state index contributed by atoms with van der Waals surface area (Å²) in [6.45, 7) is 1.97. The van der Waals surface area contributed by atoms with Gasteiger partial charge in [0.15, 0.2) is 0 Å². The molecule has 1 heterocycles. The van der Waals surface area contributed by atoms with Gasteiger partial charge in [-0.3, -0.25) is 4.79 Å². The highest BCUT2D eigenvalue weighted by molar-refractivity contribution is 9.10. The molecular formula is C15H12BrN3OS. The molecule has 0 radical (unpaired) electrons. The maximum atomic E-state index is 12.2. The number of carbonyl (C=O) groups excluding carboxylic acids is 1. The van der Waals surface area contributed by atoms with E-state index in [-0.39, 0.29) is 5.91 Å². The van der Waals surface area contributed by atoms with E-state index in [1.165, 1.54) is 0 Å². The van der Waals surface area contributed by atoms with Gasteiger partial charge >= 0.3 is 0 Å². The topological polar surface area (TPSA) is 68.0 Å². The van der Waals surface area contributed by atoms with Crippen molar-refractivity contribution in [2.24, 2.45) is 0 Å². The van der Waals surface area contributed by atoms with Crippen molar-refractivity contribution in [3.63, 3.8) is 0 Å². The number of aromatic nitrogens is 1. The molecule has 3 N–H and O–H groups in total. The van der Waals surface area contributed by atoms with E-state index in [0.29, 0.717) is 11.3 Å². The van der Waals surface area contributed by atoms with Crippen molar-refractivity contribution in [1.29, 1.82) is 0 Å². The van der Waals surface area contributed by atoms with Crippen molar-refractivity contribution in [2.45, 2.75) is 6.92 Å². The number of amides is 1. The highest BCUT2D eigenvalue weighted by Gasteiger charge is 2.09. The van der Waals surface area contributed by atoms with E-state index in [9.17, 15) is 4.79 Å². The molecule has 0 unspecified atom stereocenters. The monoisotopic (exact) mass is 361 g/mol. The minimum atomic E-state index is -0.185. The second-order valence-corrected chi connectivity index (χ2v) is 6.69. The van der Waals surface area contributed by atoms with E-state index in [1.54, 1.807) is 29.5 Å². The van der Waals surface area contributed by atoms with Gasteiger partial charge in [-0.05, 0) is 59.3 Å². The van der Waals surface area contributed by atoms with Gasteiger partial charge in [-0.2, -0.15) is 0 Å². The number of nitrogens with zero attached hydrogens (tertiary/aromatic N) is 1. The van der Waals surface area contributed by atoms with E-state index < -0.39 is 0 Å². The number of nitrogens with two attached hydrogens (primary N) is 1. The molecule has 1 amide bonds. The molecule has 0 aliphatic heterocycles. The van der Waals surface area contributed by atoms with Crippen LogP contribution in [0.5, 0.6) is 0 Å². The Hall–Kier alpha value is -1.92.